The van der Waals surface area contributed by atoms with E-state index in [0.29, 0.717) is 0 Å². The van der Waals surface area contributed by atoms with E-state index in [1.165, 1.54) is 5.56 Å². The highest BCUT2D eigenvalue weighted by Crippen LogP contribution is 2.30. The maximum Gasteiger partial charge on any atom is 0.120 e. The van der Waals surface area contributed by atoms with Gasteiger partial charge in [0.1, 0.15) is 22.7 Å². The van der Waals surface area contributed by atoms with Crippen LogP contribution < -0.4 is 4.74 Å². The van der Waals surface area contributed by atoms with Crippen molar-refractivity contribution >= 4 is 0 Å². The van der Waals surface area contributed by atoms with Gasteiger partial charge in [0.05, 0.1) is 0 Å². The second-order valence-corrected chi connectivity index (χ2v) is 7.00. The van der Waals surface area contributed by atoms with E-state index in [1.54, 1.807) is 6.08 Å². The molecule has 0 saturated heterocycles. The first-order valence-corrected chi connectivity index (χ1v) is 8.07. The van der Waals surface area contributed by atoms with Gasteiger partial charge in [0.15, 0.2) is 0 Å². The lowest BCUT2D eigenvalue weighted by Gasteiger charge is -2.36. The van der Waals surface area contributed by atoms with Crippen LogP contribution in [0.5, 0.6) is 5.75 Å². The van der Waals surface area contributed by atoms with E-state index >= 15 is 0 Å². The topological polar surface area (TPSA) is 18.5 Å². The van der Waals surface area contributed by atoms with E-state index in [-0.39, 0.29) is 11.2 Å². The zero-order valence-electron chi connectivity index (χ0n) is 15.3. The first-order chi connectivity index (χ1) is 10.7. The molecule has 2 nitrogen and oxygen atoms in total. The van der Waals surface area contributed by atoms with E-state index in [4.69, 9.17) is 9.47 Å². The lowest BCUT2D eigenvalue weighted by atomic mass is 9.92. The molecule has 1 aromatic carbocycles. The molecule has 0 bridgehead atoms. The number of hydrogen-bond acceptors (Lipinski definition) is 2. The van der Waals surface area contributed by atoms with Crippen LogP contribution in [0, 0.1) is 6.92 Å². The number of benzene rings is 1. The summed E-state index contributed by atoms with van der Waals surface area (Å²) in [6.45, 7) is 16.1. The molecule has 0 spiro atoms. The van der Waals surface area contributed by atoms with Crippen molar-refractivity contribution in [2.75, 3.05) is 0 Å². The molecule has 0 aliphatic heterocycles. The number of ether oxygens (including phenoxy) is 2. The molecule has 1 rings (SSSR count). The Morgan fingerprint density at radius 2 is 1.87 bits per heavy atom. The Morgan fingerprint density at radius 1 is 1.17 bits per heavy atom. The monoisotopic (exact) mass is 314 g/mol. The standard InChI is InChI=1S/C21H30O2/c1-8-10-13-18(9-2)22-20(4,5)16-21(6,7)23-19-14-11-12-17(3)15-19/h8-15H,1,16H2,2-7H3/b13-10-,18-9+. The van der Waals surface area contributed by atoms with E-state index < -0.39 is 0 Å². The van der Waals surface area contributed by atoms with Gasteiger partial charge in [-0.05, 0) is 71.4 Å². The van der Waals surface area contributed by atoms with Crippen LogP contribution >= 0.6 is 0 Å². The molecule has 0 fully saturated rings. The van der Waals surface area contributed by atoms with Crippen molar-refractivity contribution in [1.29, 1.82) is 0 Å². The minimum atomic E-state index is -0.347. The van der Waals surface area contributed by atoms with Crippen molar-refractivity contribution < 1.29 is 9.47 Å². The molecule has 1 aromatic rings. The fourth-order valence-electron chi connectivity index (χ4n) is 2.77. The van der Waals surface area contributed by atoms with Gasteiger partial charge in [-0.3, -0.25) is 0 Å². The van der Waals surface area contributed by atoms with Gasteiger partial charge in [-0.15, -0.1) is 0 Å². The second-order valence-electron chi connectivity index (χ2n) is 7.00. The zero-order valence-corrected chi connectivity index (χ0v) is 15.3. The molecule has 0 unspecified atom stereocenters. The molecule has 0 aliphatic carbocycles. The first-order valence-electron chi connectivity index (χ1n) is 8.07. The van der Waals surface area contributed by atoms with Crippen LogP contribution in [0.15, 0.2) is 60.9 Å². The van der Waals surface area contributed by atoms with E-state index in [9.17, 15) is 0 Å². The third-order valence-electron chi connectivity index (χ3n) is 3.31. The Kier molecular flexibility index (Phi) is 6.68. The van der Waals surface area contributed by atoms with E-state index in [1.807, 2.05) is 37.3 Å². The summed E-state index contributed by atoms with van der Waals surface area (Å²) in [6.07, 6.45) is 8.25. The van der Waals surface area contributed by atoms with Crippen LogP contribution in [0.1, 0.15) is 46.6 Å². The summed E-state index contributed by atoms with van der Waals surface area (Å²) >= 11 is 0. The molecule has 2 heteroatoms. The molecule has 0 N–H and O–H groups in total. The zero-order chi connectivity index (χ0) is 17.5. The van der Waals surface area contributed by atoms with Crippen molar-refractivity contribution in [3.63, 3.8) is 0 Å². The largest absolute Gasteiger partial charge is 0.488 e. The van der Waals surface area contributed by atoms with Crippen molar-refractivity contribution in [1.82, 2.24) is 0 Å². The van der Waals surface area contributed by atoms with Gasteiger partial charge < -0.3 is 9.47 Å². The Morgan fingerprint density at radius 3 is 2.43 bits per heavy atom. The summed E-state index contributed by atoms with van der Waals surface area (Å²) in [6, 6.07) is 8.13. The van der Waals surface area contributed by atoms with E-state index in [0.717, 1.165) is 17.9 Å². The van der Waals surface area contributed by atoms with Gasteiger partial charge in [-0.2, -0.15) is 0 Å². The Bertz CT molecular complexity index is 577. The summed E-state index contributed by atoms with van der Waals surface area (Å²) in [5.74, 6) is 1.73. The number of aryl methyl sites for hydroxylation is 1. The van der Waals surface area contributed by atoms with Gasteiger partial charge in [-0.25, -0.2) is 0 Å². The molecule has 0 aliphatic rings. The minimum Gasteiger partial charge on any atom is -0.488 e. The molecule has 0 aromatic heterocycles. The molecule has 0 saturated carbocycles. The average Bonchev–Trinajstić information content (AvgIpc) is 2.41. The quantitative estimate of drug-likeness (QED) is 0.434. The summed E-state index contributed by atoms with van der Waals surface area (Å²) in [5, 5.41) is 0. The third-order valence-corrected chi connectivity index (χ3v) is 3.31. The Balaban J connectivity index is 2.77. The molecule has 0 atom stereocenters. The van der Waals surface area contributed by atoms with Gasteiger partial charge >= 0.3 is 0 Å². The molecular formula is C21H30O2. The van der Waals surface area contributed by atoms with Gasteiger partial charge in [0.25, 0.3) is 0 Å². The lowest BCUT2D eigenvalue weighted by Crippen LogP contribution is -2.39. The first kappa shape index (κ1) is 19.1. The fourth-order valence-corrected chi connectivity index (χ4v) is 2.77. The molecule has 0 heterocycles. The predicted molar refractivity (Wildman–Crippen MR) is 98.8 cm³/mol. The average molecular weight is 314 g/mol. The lowest BCUT2D eigenvalue weighted by molar-refractivity contribution is -0.0288. The molecule has 126 valence electrons. The third kappa shape index (κ3) is 7.23. The maximum absolute atomic E-state index is 6.18. The highest BCUT2D eigenvalue weighted by molar-refractivity contribution is 5.28. The summed E-state index contributed by atoms with van der Waals surface area (Å²) < 4.78 is 12.3. The van der Waals surface area contributed by atoms with Crippen LogP contribution in [-0.2, 0) is 4.74 Å². The van der Waals surface area contributed by atoms with Crippen LogP contribution in [0.3, 0.4) is 0 Å². The molecule has 23 heavy (non-hydrogen) atoms. The van der Waals surface area contributed by atoms with Crippen molar-refractivity contribution in [2.24, 2.45) is 0 Å². The summed E-state index contributed by atoms with van der Waals surface area (Å²) in [7, 11) is 0. The number of hydrogen-bond donors (Lipinski definition) is 0. The predicted octanol–water partition coefficient (Wildman–Crippen LogP) is 5.98. The van der Waals surface area contributed by atoms with Crippen LogP contribution in [-0.4, -0.2) is 11.2 Å². The normalized spacial score (nSPS) is 13.2. The Hall–Kier alpha value is -1.96. The Labute approximate surface area is 141 Å². The van der Waals surface area contributed by atoms with Gasteiger partial charge in [0.2, 0.25) is 0 Å². The fraction of sp³-hybridized carbons (Fsp3) is 0.429. The van der Waals surface area contributed by atoms with Gasteiger partial charge in [0, 0.05) is 6.42 Å². The van der Waals surface area contributed by atoms with Crippen LogP contribution in [0.2, 0.25) is 0 Å². The molecular weight excluding hydrogens is 284 g/mol. The van der Waals surface area contributed by atoms with Crippen molar-refractivity contribution in [3.05, 3.63) is 66.5 Å². The van der Waals surface area contributed by atoms with Gasteiger partial charge in [-0.1, -0.05) is 30.9 Å². The minimum absolute atomic E-state index is 0.335. The van der Waals surface area contributed by atoms with E-state index in [2.05, 4.69) is 53.3 Å². The van der Waals surface area contributed by atoms with Crippen molar-refractivity contribution in [3.8, 4) is 5.75 Å². The highest BCUT2D eigenvalue weighted by atomic mass is 16.5. The maximum atomic E-state index is 6.18. The highest BCUT2D eigenvalue weighted by Gasteiger charge is 2.32. The van der Waals surface area contributed by atoms with Crippen LogP contribution in [0.25, 0.3) is 0 Å². The molecule has 0 amide bonds. The van der Waals surface area contributed by atoms with Crippen LogP contribution in [0.4, 0.5) is 0 Å². The molecule has 0 radical (unpaired) electrons. The van der Waals surface area contributed by atoms with Crippen molar-refractivity contribution in [2.45, 2.75) is 59.2 Å². The second kappa shape index (κ2) is 8.05. The summed E-state index contributed by atoms with van der Waals surface area (Å²) in [4.78, 5) is 0. The smallest absolute Gasteiger partial charge is 0.120 e. The number of rotatable bonds is 8. The SMILES string of the molecule is C=C/C=C\C(=C/C)OC(C)(C)CC(C)(C)Oc1cccc(C)c1. The number of allylic oxidation sites excluding steroid dienone is 4. The summed E-state index contributed by atoms with van der Waals surface area (Å²) in [5.41, 5.74) is 0.512.